The van der Waals surface area contributed by atoms with Gasteiger partial charge in [-0.15, -0.1) is 0 Å². The molecule has 0 saturated heterocycles. The molecule has 5 rings (SSSR count). The van der Waals surface area contributed by atoms with Gasteiger partial charge < -0.3 is 4.90 Å². The van der Waals surface area contributed by atoms with Crippen LogP contribution in [-0.2, 0) is 23.0 Å². The van der Waals surface area contributed by atoms with Gasteiger partial charge in [0.1, 0.15) is 0 Å². The van der Waals surface area contributed by atoms with E-state index in [1.54, 1.807) is 36.3 Å². The highest BCUT2D eigenvalue weighted by Gasteiger charge is 2.30. The third-order valence-electron chi connectivity index (χ3n) is 6.61. The molecule has 4 aromatic rings. The smallest absolute Gasteiger partial charge is 0.254 e. The van der Waals surface area contributed by atoms with Gasteiger partial charge in [0.2, 0.25) is 10.0 Å². The monoisotopic (exact) mass is 497 g/mol. The average molecular weight is 498 g/mol. The lowest BCUT2D eigenvalue weighted by Gasteiger charge is -2.29. The Hall–Kier alpha value is -3.81. The van der Waals surface area contributed by atoms with Gasteiger partial charge in [-0.05, 0) is 53.4 Å². The minimum absolute atomic E-state index is 0.121. The van der Waals surface area contributed by atoms with Crippen molar-refractivity contribution in [2.75, 3.05) is 13.6 Å². The minimum Gasteiger partial charge on any atom is -0.329 e. The lowest BCUT2D eigenvalue weighted by molar-refractivity contribution is 0.0752. The number of sulfonamides is 1. The highest BCUT2D eigenvalue weighted by atomic mass is 32.2. The number of carbonyl (C=O) groups is 1. The number of amides is 1. The van der Waals surface area contributed by atoms with Crippen LogP contribution in [0.15, 0.2) is 108 Å². The van der Waals surface area contributed by atoms with Crippen molar-refractivity contribution < 1.29 is 13.2 Å². The molecular formula is C29H27N3O3S. The Balaban J connectivity index is 1.44. The molecule has 1 aromatic heterocycles. The quantitative estimate of drug-likeness (QED) is 0.388. The molecule has 0 aliphatic carbocycles. The Morgan fingerprint density at radius 1 is 0.889 bits per heavy atom. The summed E-state index contributed by atoms with van der Waals surface area (Å²) in [6.07, 6.45) is 2.37. The molecule has 0 fully saturated rings. The molecule has 182 valence electrons. The molecule has 6 nitrogen and oxygen atoms in total. The summed E-state index contributed by atoms with van der Waals surface area (Å²) in [5, 5.41) is 0. The molecule has 7 heteroatoms. The summed E-state index contributed by atoms with van der Waals surface area (Å²) in [5.41, 5.74) is 4.15. The molecular weight excluding hydrogens is 470 g/mol. The van der Waals surface area contributed by atoms with Crippen molar-refractivity contribution in [3.63, 3.8) is 0 Å². The molecule has 1 aliphatic rings. The largest absolute Gasteiger partial charge is 0.329 e. The number of hydrogen-bond acceptors (Lipinski definition) is 4. The van der Waals surface area contributed by atoms with Gasteiger partial charge in [-0.3, -0.25) is 9.78 Å². The number of benzene rings is 3. The van der Waals surface area contributed by atoms with E-state index in [1.807, 2.05) is 72.8 Å². The first-order valence-corrected chi connectivity index (χ1v) is 13.3. The Kier molecular flexibility index (Phi) is 6.67. The normalized spacial score (nSPS) is 14.6. The van der Waals surface area contributed by atoms with Crippen molar-refractivity contribution in [1.82, 2.24) is 14.2 Å². The van der Waals surface area contributed by atoms with Gasteiger partial charge in [-0.25, -0.2) is 8.42 Å². The molecule has 0 spiro atoms. The Labute approximate surface area is 211 Å². The molecule has 0 N–H and O–H groups in total. The summed E-state index contributed by atoms with van der Waals surface area (Å²) in [6.45, 7) is 0.736. The zero-order valence-electron chi connectivity index (χ0n) is 20.0. The third-order valence-corrected chi connectivity index (χ3v) is 8.45. The molecule has 1 unspecified atom stereocenters. The summed E-state index contributed by atoms with van der Waals surface area (Å²) < 4.78 is 28.5. The first-order valence-electron chi connectivity index (χ1n) is 11.8. The second-order valence-electron chi connectivity index (χ2n) is 8.87. The number of hydrogen-bond donors (Lipinski definition) is 0. The van der Waals surface area contributed by atoms with Crippen LogP contribution in [0.1, 0.15) is 38.8 Å². The molecule has 3 aromatic carbocycles. The van der Waals surface area contributed by atoms with Crippen molar-refractivity contribution in [3.8, 4) is 0 Å². The number of fused-ring (bicyclic) bond motifs is 1. The maximum Gasteiger partial charge on any atom is 0.254 e. The van der Waals surface area contributed by atoms with E-state index in [1.165, 1.54) is 15.9 Å². The van der Waals surface area contributed by atoms with Gasteiger partial charge in [-0.1, -0.05) is 66.7 Å². The van der Waals surface area contributed by atoms with E-state index in [0.29, 0.717) is 25.1 Å². The summed E-state index contributed by atoms with van der Waals surface area (Å²) in [7, 11) is -2.04. The highest BCUT2D eigenvalue weighted by molar-refractivity contribution is 7.89. The SMILES string of the molecule is CN(C(=O)c1cccc(S(=O)(=O)N2CCc3ccccc3C2)c1)C(c1ccccc1)c1ccccn1. The van der Waals surface area contributed by atoms with Crippen LogP contribution in [0, 0.1) is 0 Å². The van der Waals surface area contributed by atoms with Gasteiger partial charge in [0.25, 0.3) is 5.91 Å². The molecule has 2 heterocycles. The topological polar surface area (TPSA) is 70.6 Å². The van der Waals surface area contributed by atoms with Crippen LogP contribution in [0.2, 0.25) is 0 Å². The molecule has 0 radical (unpaired) electrons. The molecule has 1 aliphatic heterocycles. The highest BCUT2D eigenvalue weighted by Crippen LogP contribution is 2.29. The zero-order chi connectivity index (χ0) is 25.1. The van der Waals surface area contributed by atoms with Crippen LogP contribution in [0.3, 0.4) is 0 Å². The molecule has 0 saturated carbocycles. The van der Waals surface area contributed by atoms with Crippen LogP contribution >= 0.6 is 0 Å². The van der Waals surface area contributed by atoms with Crippen LogP contribution in [0.4, 0.5) is 0 Å². The van der Waals surface area contributed by atoms with Crippen molar-refractivity contribution in [2.24, 2.45) is 0 Å². The fourth-order valence-electron chi connectivity index (χ4n) is 4.70. The maximum atomic E-state index is 13.6. The lowest BCUT2D eigenvalue weighted by Crippen LogP contribution is -2.36. The zero-order valence-corrected chi connectivity index (χ0v) is 20.8. The lowest BCUT2D eigenvalue weighted by atomic mass is 10.0. The second-order valence-corrected chi connectivity index (χ2v) is 10.8. The van der Waals surface area contributed by atoms with E-state index in [4.69, 9.17) is 0 Å². The van der Waals surface area contributed by atoms with E-state index in [-0.39, 0.29) is 10.8 Å². The predicted octanol–water partition coefficient (Wildman–Crippen LogP) is 4.69. The molecule has 36 heavy (non-hydrogen) atoms. The third kappa shape index (κ3) is 4.67. The Bertz CT molecular complexity index is 1430. The maximum absolute atomic E-state index is 13.6. The van der Waals surface area contributed by atoms with Gasteiger partial charge >= 0.3 is 0 Å². The van der Waals surface area contributed by atoms with Crippen molar-refractivity contribution >= 4 is 15.9 Å². The van der Waals surface area contributed by atoms with Crippen molar-refractivity contribution in [3.05, 3.63) is 131 Å². The first kappa shape index (κ1) is 23.9. The molecule has 1 amide bonds. The van der Waals surface area contributed by atoms with E-state index < -0.39 is 16.1 Å². The van der Waals surface area contributed by atoms with Crippen LogP contribution in [-0.4, -0.2) is 42.1 Å². The second kappa shape index (κ2) is 10.0. The number of aromatic nitrogens is 1. The molecule has 1 atom stereocenters. The van der Waals surface area contributed by atoms with Crippen LogP contribution < -0.4 is 0 Å². The predicted molar refractivity (Wildman–Crippen MR) is 139 cm³/mol. The average Bonchev–Trinajstić information content (AvgIpc) is 2.93. The van der Waals surface area contributed by atoms with Gasteiger partial charge in [0, 0.05) is 31.9 Å². The van der Waals surface area contributed by atoms with Crippen LogP contribution in [0.25, 0.3) is 0 Å². The van der Waals surface area contributed by atoms with Gasteiger partial charge in [0.15, 0.2) is 0 Å². The Morgan fingerprint density at radius 2 is 1.61 bits per heavy atom. The summed E-state index contributed by atoms with van der Waals surface area (Å²) >= 11 is 0. The van der Waals surface area contributed by atoms with E-state index in [0.717, 1.165) is 16.8 Å². The number of carbonyl (C=O) groups excluding carboxylic acids is 1. The summed E-state index contributed by atoms with van der Waals surface area (Å²) in [4.78, 5) is 19.9. The van der Waals surface area contributed by atoms with E-state index in [9.17, 15) is 13.2 Å². The standard InChI is InChI=1S/C29H27N3O3S/c1-31(28(23-11-3-2-4-12-23)27-16-7-8-18-30-27)29(33)24-14-9-15-26(20-24)36(34,35)32-19-17-22-10-5-6-13-25(22)21-32/h2-16,18,20,28H,17,19,21H2,1H3. The number of rotatable bonds is 6. The fraction of sp³-hybridized carbons (Fsp3) is 0.172. The minimum atomic E-state index is -3.76. The van der Waals surface area contributed by atoms with E-state index in [2.05, 4.69) is 4.98 Å². The summed E-state index contributed by atoms with van der Waals surface area (Å²) in [6, 6.07) is 29.1. The Morgan fingerprint density at radius 3 is 2.36 bits per heavy atom. The number of nitrogens with zero attached hydrogens (tertiary/aromatic N) is 3. The van der Waals surface area contributed by atoms with Gasteiger partial charge in [-0.2, -0.15) is 4.31 Å². The van der Waals surface area contributed by atoms with Gasteiger partial charge in [0.05, 0.1) is 16.6 Å². The van der Waals surface area contributed by atoms with Crippen LogP contribution in [0.5, 0.6) is 0 Å². The summed E-state index contributed by atoms with van der Waals surface area (Å²) in [5.74, 6) is -0.282. The number of pyridine rings is 1. The van der Waals surface area contributed by atoms with E-state index >= 15 is 0 Å². The fourth-order valence-corrected chi connectivity index (χ4v) is 6.17. The molecule has 0 bridgehead atoms. The van der Waals surface area contributed by atoms with Crippen molar-refractivity contribution in [1.29, 1.82) is 0 Å². The first-order chi connectivity index (χ1) is 17.4. The van der Waals surface area contributed by atoms with Crippen molar-refractivity contribution in [2.45, 2.75) is 23.9 Å².